The maximum atomic E-state index is 12.6. The number of anilines is 1. The lowest BCUT2D eigenvalue weighted by atomic mass is 9.95. The zero-order valence-electron chi connectivity index (χ0n) is 14.3. The van der Waals surface area contributed by atoms with Gasteiger partial charge in [-0.3, -0.25) is 9.78 Å². The Balaban J connectivity index is 1.57. The number of nitrogens with zero attached hydrogens (tertiary/aromatic N) is 3. The molecule has 0 bridgehead atoms. The first-order valence-electron chi connectivity index (χ1n) is 8.49. The standard InChI is InChI=1S/C18H24N4OS/c1-13-8-16(24-12-13)18(23)22-6-3-4-14(5-7-22)9-15-10-21-17(19-2)11-20-15/h8,10-12,14H,3-7,9H2,1-2H3,(H,19,21)/t14-/m0/s1. The predicted molar refractivity (Wildman–Crippen MR) is 97.6 cm³/mol. The number of hydrogen-bond acceptors (Lipinski definition) is 5. The van der Waals surface area contributed by atoms with Crippen molar-refractivity contribution in [1.82, 2.24) is 14.9 Å². The number of carbonyl (C=O) groups is 1. The van der Waals surface area contributed by atoms with Crippen molar-refractivity contribution in [3.05, 3.63) is 40.0 Å². The maximum Gasteiger partial charge on any atom is 0.263 e. The molecule has 1 saturated heterocycles. The minimum atomic E-state index is 0.187. The third-order valence-corrected chi connectivity index (χ3v) is 5.57. The van der Waals surface area contributed by atoms with E-state index in [1.54, 1.807) is 17.5 Å². The summed E-state index contributed by atoms with van der Waals surface area (Å²) in [6.07, 6.45) is 7.81. The molecule has 0 unspecified atom stereocenters. The van der Waals surface area contributed by atoms with E-state index in [4.69, 9.17) is 0 Å². The molecule has 1 fully saturated rings. The first-order chi connectivity index (χ1) is 11.7. The van der Waals surface area contributed by atoms with E-state index in [1.165, 1.54) is 5.56 Å². The molecule has 0 aromatic carbocycles. The first-order valence-corrected chi connectivity index (χ1v) is 9.36. The second-order valence-corrected chi connectivity index (χ2v) is 7.34. The molecule has 2 aromatic heterocycles. The smallest absolute Gasteiger partial charge is 0.263 e. The van der Waals surface area contributed by atoms with Crippen LogP contribution >= 0.6 is 11.3 Å². The quantitative estimate of drug-likeness (QED) is 0.924. The van der Waals surface area contributed by atoms with E-state index in [1.807, 2.05) is 36.5 Å². The van der Waals surface area contributed by atoms with E-state index >= 15 is 0 Å². The molecule has 0 aliphatic carbocycles. The Hall–Kier alpha value is -1.95. The number of thiophene rings is 1. The van der Waals surface area contributed by atoms with Gasteiger partial charge in [0.15, 0.2) is 0 Å². The highest BCUT2D eigenvalue weighted by molar-refractivity contribution is 7.12. The number of nitrogens with one attached hydrogen (secondary N) is 1. The summed E-state index contributed by atoms with van der Waals surface area (Å²) in [4.78, 5) is 24.3. The molecule has 0 radical (unpaired) electrons. The van der Waals surface area contributed by atoms with Crippen LogP contribution in [0.4, 0.5) is 5.82 Å². The van der Waals surface area contributed by atoms with Crippen LogP contribution in [-0.2, 0) is 6.42 Å². The fourth-order valence-electron chi connectivity index (χ4n) is 3.16. The molecule has 128 valence electrons. The van der Waals surface area contributed by atoms with Crippen molar-refractivity contribution < 1.29 is 4.79 Å². The molecule has 2 aromatic rings. The number of hydrogen-bond donors (Lipinski definition) is 1. The van der Waals surface area contributed by atoms with Crippen molar-refractivity contribution in [2.45, 2.75) is 32.6 Å². The Morgan fingerprint density at radius 3 is 2.88 bits per heavy atom. The average molecular weight is 344 g/mol. The van der Waals surface area contributed by atoms with E-state index in [2.05, 4.69) is 15.3 Å². The molecule has 24 heavy (non-hydrogen) atoms. The second-order valence-electron chi connectivity index (χ2n) is 6.42. The second kappa shape index (κ2) is 7.75. The molecule has 1 amide bonds. The number of aromatic nitrogens is 2. The maximum absolute atomic E-state index is 12.6. The van der Waals surface area contributed by atoms with Gasteiger partial charge in [0, 0.05) is 20.1 Å². The Morgan fingerprint density at radius 2 is 2.21 bits per heavy atom. The molecule has 6 heteroatoms. The first kappa shape index (κ1) is 16.9. The van der Waals surface area contributed by atoms with Crippen LogP contribution in [0.1, 0.15) is 40.2 Å². The van der Waals surface area contributed by atoms with Crippen LogP contribution in [-0.4, -0.2) is 40.9 Å². The fraction of sp³-hybridized carbons (Fsp3) is 0.500. The van der Waals surface area contributed by atoms with Gasteiger partial charge in [-0.25, -0.2) is 4.98 Å². The summed E-state index contributed by atoms with van der Waals surface area (Å²) in [5.41, 5.74) is 2.20. The third-order valence-electron chi connectivity index (χ3n) is 4.54. The molecule has 0 spiro atoms. The molecule has 1 aliphatic heterocycles. The van der Waals surface area contributed by atoms with Crippen molar-refractivity contribution in [2.75, 3.05) is 25.5 Å². The summed E-state index contributed by atoms with van der Waals surface area (Å²) in [6.45, 7) is 3.73. The Bertz CT molecular complexity index is 683. The summed E-state index contributed by atoms with van der Waals surface area (Å²) in [7, 11) is 1.84. The highest BCUT2D eigenvalue weighted by Gasteiger charge is 2.22. The highest BCUT2D eigenvalue weighted by Crippen LogP contribution is 2.23. The van der Waals surface area contributed by atoms with Crippen molar-refractivity contribution in [3.63, 3.8) is 0 Å². The monoisotopic (exact) mass is 344 g/mol. The fourth-order valence-corrected chi connectivity index (χ4v) is 4.02. The lowest BCUT2D eigenvalue weighted by Gasteiger charge is -2.19. The molecule has 5 nitrogen and oxygen atoms in total. The molecular formula is C18H24N4OS. The molecule has 3 heterocycles. The highest BCUT2D eigenvalue weighted by atomic mass is 32.1. The van der Waals surface area contributed by atoms with Gasteiger partial charge in [-0.1, -0.05) is 0 Å². The van der Waals surface area contributed by atoms with Crippen LogP contribution in [0.2, 0.25) is 0 Å². The topological polar surface area (TPSA) is 58.1 Å². The van der Waals surface area contributed by atoms with Gasteiger partial charge in [-0.05, 0) is 55.5 Å². The van der Waals surface area contributed by atoms with Gasteiger partial charge in [0.05, 0.1) is 23.0 Å². The number of aryl methyl sites for hydroxylation is 1. The van der Waals surface area contributed by atoms with E-state index in [-0.39, 0.29) is 5.91 Å². The predicted octanol–water partition coefficient (Wildman–Crippen LogP) is 3.37. The molecule has 1 aliphatic rings. The van der Waals surface area contributed by atoms with E-state index in [0.29, 0.717) is 5.92 Å². The van der Waals surface area contributed by atoms with Gasteiger partial charge in [0.25, 0.3) is 5.91 Å². The van der Waals surface area contributed by atoms with Crippen molar-refractivity contribution in [2.24, 2.45) is 5.92 Å². The van der Waals surface area contributed by atoms with Crippen LogP contribution in [0.5, 0.6) is 0 Å². The third kappa shape index (κ3) is 4.12. The molecular weight excluding hydrogens is 320 g/mol. The van der Waals surface area contributed by atoms with Gasteiger partial charge in [-0.2, -0.15) is 0 Å². The summed E-state index contributed by atoms with van der Waals surface area (Å²) in [6, 6.07) is 1.99. The number of rotatable bonds is 4. The van der Waals surface area contributed by atoms with Crippen molar-refractivity contribution >= 4 is 23.1 Å². The van der Waals surface area contributed by atoms with Gasteiger partial charge in [0.2, 0.25) is 0 Å². The van der Waals surface area contributed by atoms with Gasteiger partial charge in [-0.15, -0.1) is 11.3 Å². The molecule has 1 N–H and O–H groups in total. The normalized spacial score (nSPS) is 18.2. The van der Waals surface area contributed by atoms with Crippen molar-refractivity contribution in [3.8, 4) is 0 Å². The Labute approximate surface area is 147 Å². The van der Waals surface area contributed by atoms with E-state index in [0.717, 1.165) is 55.2 Å². The molecule has 3 rings (SSSR count). The van der Waals surface area contributed by atoms with Crippen LogP contribution in [0, 0.1) is 12.8 Å². The SMILES string of the molecule is CNc1cnc(C[C@H]2CCCN(C(=O)c3cc(C)cs3)CC2)cn1. The Kier molecular flexibility index (Phi) is 5.45. The molecule has 0 saturated carbocycles. The van der Waals surface area contributed by atoms with Gasteiger partial charge >= 0.3 is 0 Å². The summed E-state index contributed by atoms with van der Waals surface area (Å²) >= 11 is 1.55. The van der Waals surface area contributed by atoms with Crippen molar-refractivity contribution in [1.29, 1.82) is 0 Å². The zero-order chi connectivity index (χ0) is 16.9. The number of amides is 1. The summed E-state index contributed by atoms with van der Waals surface area (Å²) in [5.74, 6) is 1.55. The average Bonchev–Trinajstić information content (AvgIpc) is 2.90. The van der Waals surface area contributed by atoms with Crippen LogP contribution < -0.4 is 5.32 Å². The van der Waals surface area contributed by atoms with Crippen LogP contribution in [0.25, 0.3) is 0 Å². The minimum Gasteiger partial charge on any atom is -0.372 e. The van der Waals surface area contributed by atoms with Gasteiger partial charge < -0.3 is 10.2 Å². The van der Waals surface area contributed by atoms with E-state index < -0.39 is 0 Å². The Morgan fingerprint density at radius 1 is 1.33 bits per heavy atom. The molecule has 1 atom stereocenters. The minimum absolute atomic E-state index is 0.187. The number of likely N-dealkylation sites (tertiary alicyclic amines) is 1. The largest absolute Gasteiger partial charge is 0.372 e. The number of carbonyl (C=O) groups excluding carboxylic acids is 1. The zero-order valence-corrected chi connectivity index (χ0v) is 15.1. The lowest BCUT2D eigenvalue weighted by Crippen LogP contribution is -2.31. The van der Waals surface area contributed by atoms with Crippen LogP contribution in [0.3, 0.4) is 0 Å². The van der Waals surface area contributed by atoms with Gasteiger partial charge in [0.1, 0.15) is 5.82 Å². The summed E-state index contributed by atoms with van der Waals surface area (Å²) in [5, 5.41) is 5.03. The lowest BCUT2D eigenvalue weighted by molar-refractivity contribution is 0.0765. The van der Waals surface area contributed by atoms with E-state index in [9.17, 15) is 4.79 Å². The summed E-state index contributed by atoms with van der Waals surface area (Å²) < 4.78 is 0. The van der Waals surface area contributed by atoms with Crippen LogP contribution in [0.15, 0.2) is 23.8 Å².